The number of nitrogens with zero attached hydrogens (tertiary/aromatic N) is 3. The Labute approximate surface area is 134 Å². The van der Waals surface area contributed by atoms with E-state index in [1.165, 1.54) is 0 Å². The highest BCUT2D eigenvalue weighted by Crippen LogP contribution is 2.47. The smallest absolute Gasteiger partial charge is 0.220 e. The number of fused-ring (bicyclic) bond motifs is 1. The Morgan fingerprint density at radius 3 is 2.91 bits per heavy atom. The van der Waals surface area contributed by atoms with Gasteiger partial charge in [0.1, 0.15) is 0 Å². The van der Waals surface area contributed by atoms with Gasteiger partial charge in [0.2, 0.25) is 5.91 Å². The molecule has 1 aliphatic heterocycles. The molecule has 4 rings (SSSR count). The Morgan fingerprint density at radius 2 is 2.23 bits per heavy atom. The summed E-state index contributed by atoms with van der Waals surface area (Å²) in [6.45, 7) is 5.50. The molecule has 22 heavy (non-hydrogen) atoms. The molecule has 1 saturated heterocycles. The Bertz CT molecular complexity index is 752. The summed E-state index contributed by atoms with van der Waals surface area (Å²) < 4.78 is 0. The van der Waals surface area contributed by atoms with Gasteiger partial charge >= 0.3 is 0 Å². The zero-order valence-electron chi connectivity index (χ0n) is 12.8. The van der Waals surface area contributed by atoms with Crippen LogP contribution in [0.4, 0.5) is 5.69 Å². The standard InChI is InChI=1S/C16H19ClN4O/c1-10-8-20(9-16(3-4-16)21(10)11(2)22)15-6-12(17)5-14-13(15)7-18-19-14/h5-7,10H,3-4,8-9H2,1-2H3,(H,18,19)/t10-/m1/s1. The van der Waals surface area contributed by atoms with Crippen molar-refractivity contribution in [1.29, 1.82) is 0 Å². The third-order valence-corrected chi connectivity index (χ3v) is 5.15. The van der Waals surface area contributed by atoms with E-state index in [-0.39, 0.29) is 17.5 Å². The molecule has 0 radical (unpaired) electrons. The Kier molecular flexibility index (Phi) is 2.92. The molecule has 0 bridgehead atoms. The Morgan fingerprint density at radius 1 is 1.45 bits per heavy atom. The number of carbonyl (C=O) groups is 1. The lowest BCUT2D eigenvalue weighted by atomic mass is 10.0. The predicted molar refractivity (Wildman–Crippen MR) is 87.3 cm³/mol. The number of anilines is 1. The van der Waals surface area contributed by atoms with E-state index in [4.69, 9.17) is 11.6 Å². The Hall–Kier alpha value is -1.75. The number of aromatic amines is 1. The van der Waals surface area contributed by atoms with Crippen LogP contribution in [-0.4, -0.2) is 45.7 Å². The van der Waals surface area contributed by atoms with Gasteiger partial charge in [-0.3, -0.25) is 9.89 Å². The summed E-state index contributed by atoms with van der Waals surface area (Å²) in [4.78, 5) is 16.5. The molecule has 0 unspecified atom stereocenters. The zero-order chi connectivity index (χ0) is 15.5. The SMILES string of the molecule is CC(=O)N1[C@H](C)CN(c2cc(Cl)cc3[nH]ncc23)CC12CC2. The average Bonchev–Trinajstić information content (AvgIpc) is 3.02. The molecule has 2 heterocycles. The summed E-state index contributed by atoms with van der Waals surface area (Å²) in [6.07, 6.45) is 4.02. The van der Waals surface area contributed by atoms with Crippen LogP contribution in [0.15, 0.2) is 18.3 Å². The van der Waals surface area contributed by atoms with Gasteiger partial charge in [0.15, 0.2) is 0 Å². The van der Waals surface area contributed by atoms with Crippen molar-refractivity contribution in [2.75, 3.05) is 18.0 Å². The number of halogens is 1. The second-order valence-electron chi connectivity index (χ2n) is 6.60. The molecule has 1 saturated carbocycles. The third-order valence-electron chi connectivity index (χ3n) is 4.93. The van der Waals surface area contributed by atoms with Crippen LogP contribution in [0.3, 0.4) is 0 Å². The minimum absolute atomic E-state index is 0.0158. The van der Waals surface area contributed by atoms with Crippen LogP contribution in [0.2, 0.25) is 5.02 Å². The number of piperazine rings is 1. The first-order valence-electron chi connectivity index (χ1n) is 7.68. The zero-order valence-corrected chi connectivity index (χ0v) is 13.5. The number of nitrogens with one attached hydrogen (secondary N) is 1. The number of H-pyrrole nitrogens is 1. The van der Waals surface area contributed by atoms with Gasteiger partial charge in [0.25, 0.3) is 0 Å². The lowest BCUT2D eigenvalue weighted by molar-refractivity contribution is -0.135. The van der Waals surface area contributed by atoms with Crippen molar-refractivity contribution in [1.82, 2.24) is 15.1 Å². The van der Waals surface area contributed by atoms with Gasteiger partial charge in [0.05, 0.1) is 17.3 Å². The molecule has 1 aromatic heterocycles. The highest BCUT2D eigenvalue weighted by Gasteiger charge is 2.54. The molecule has 1 spiro atoms. The maximum Gasteiger partial charge on any atom is 0.220 e. The van der Waals surface area contributed by atoms with Crippen molar-refractivity contribution in [3.05, 3.63) is 23.4 Å². The van der Waals surface area contributed by atoms with Crippen LogP contribution in [0, 0.1) is 0 Å². The molecule has 6 heteroatoms. The summed E-state index contributed by atoms with van der Waals surface area (Å²) >= 11 is 6.26. The fourth-order valence-corrected chi connectivity index (χ4v) is 4.21. The lowest BCUT2D eigenvalue weighted by Gasteiger charge is -2.47. The first kappa shape index (κ1) is 13.9. The summed E-state index contributed by atoms with van der Waals surface area (Å²) in [5, 5.41) is 8.92. The average molecular weight is 319 g/mol. The number of carbonyl (C=O) groups excluding carboxylic acids is 1. The summed E-state index contributed by atoms with van der Waals surface area (Å²) in [5.41, 5.74) is 2.08. The van der Waals surface area contributed by atoms with Crippen molar-refractivity contribution in [3.63, 3.8) is 0 Å². The number of amides is 1. The molecule has 1 aromatic carbocycles. The van der Waals surface area contributed by atoms with Gasteiger partial charge in [0, 0.05) is 42.2 Å². The Balaban J connectivity index is 1.75. The number of aromatic nitrogens is 2. The molecule has 2 aliphatic rings. The van der Waals surface area contributed by atoms with Crippen LogP contribution >= 0.6 is 11.6 Å². The molecular weight excluding hydrogens is 300 g/mol. The van der Waals surface area contributed by atoms with E-state index in [2.05, 4.69) is 26.9 Å². The van der Waals surface area contributed by atoms with Crippen LogP contribution in [0.1, 0.15) is 26.7 Å². The van der Waals surface area contributed by atoms with Crippen molar-refractivity contribution in [3.8, 4) is 0 Å². The van der Waals surface area contributed by atoms with Crippen LogP contribution in [0.5, 0.6) is 0 Å². The molecule has 116 valence electrons. The van der Waals surface area contributed by atoms with Gasteiger partial charge in [-0.1, -0.05) is 11.6 Å². The topological polar surface area (TPSA) is 52.2 Å². The molecular formula is C16H19ClN4O. The van der Waals surface area contributed by atoms with Gasteiger partial charge < -0.3 is 9.80 Å². The first-order valence-corrected chi connectivity index (χ1v) is 8.05. The number of rotatable bonds is 1. The molecule has 1 amide bonds. The van der Waals surface area contributed by atoms with E-state index in [0.29, 0.717) is 5.02 Å². The van der Waals surface area contributed by atoms with Gasteiger partial charge in [-0.2, -0.15) is 5.10 Å². The highest BCUT2D eigenvalue weighted by atomic mass is 35.5. The molecule has 5 nitrogen and oxygen atoms in total. The van der Waals surface area contributed by atoms with Gasteiger partial charge in [-0.15, -0.1) is 0 Å². The second-order valence-corrected chi connectivity index (χ2v) is 7.04. The minimum Gasteiger partial charge on any atom is -0.366 e. The number of hydrogen-bond donors (Lipinski definition) is 1. The fourth-order valence-electron chi connectivity index (χ4n) is 4.00. The van der Waals surface area contributed by atoms with Crippen LogP contribution in [0.25, 0.3) is 10.9 Å². The fraction of sp³-hybridized carbons (Fsp3) is 0.500. The summed E-state index contributed by atoms with van der Waals surface area (Å²) in [7, 11) is 0. The lowest BCUT2D eigenvalue weighted by Crippen LogP contribution is -2.61. The van der Waals surface area contributed by atoms with E-state index in [1.807, 2.05) is 18.3 Å². The number of hydrogen-bond acceptors (Lipinski definition) is 3. The van der Waals surface area contributed by atoms with E-state index in [9.17, 15) is 4.79 Å². The predicted octanol–water partition coefficient (Wildman–Crippen LogP) is 2.81. The summed E-state index contributed by atoms with van der Waals surface area (Å²) in [5.74, 6) is 0.184. The van der Waals surface area contributed by atoms with Crippen molar-refractivity contribution in [2.24, 2.45) is 0 Å². The van der Waals surface area contributed by atoms with Crippen molar-refractivity contribution >= 4 is 34.1 Å². The van der Waals surface area contributed by atoms with Crippen LogP contribution in [-0.2, 0) is 4.79 Å². The minimum atomic E-state index is 0.0158. The van der Waals surface area contributed by atoms with E-state index < -0.39 is 0 Å². The van der Waals surface area contributed by atoms with Gasteiger partial charge in [-0.25, -0.2) is 0 Å². The normalized spacial score (nSPS) is 23.3. The van der Waals surface area contributed by atoms with Crippen LogP contribution < -0.4 is 4.90 Å². The third kappa shape index (κ3) is 1.99. The molecule has 1 N–H and O–H groups in total. The van der Waals surface area contributed by atoms with Gasteiger partial charge in [-0.05, 0) is 31.9 Å². The molecule has 2 aromatic rings. The maximum atomic E-state index is 12.0. The maximum absolute atomic E-state index is 12.0. The monoisotopic (exact) mass is 318 g/mol. The van der Waals surface area contributed by atoms with Crippen molar-refractivity contribution < 1.29 is 4.79 Å². The van der Waals surface area contributed by atoms with E-state index in [1.54, 1.807) is 6.92 Å². The second kappa shape index (κ2) is 4.62. The quantitative estimate of drug-likeness (QED) is 0.879. The van der Waals surface area contributed by atoms with E-state index >= 15 is 0 Å². The summed E-state index contributed by atoms with van der Waals surface area (Å²) in [6, 6.07) is 4.11. The first-order chi connectivity index (χ1) is 10.5. The van der Waals surface area contributed by atoms with Crippen molar-refractivity contribution in [2.45, 2.75) is 38.3 Å². The largest absolute Gasteiger partial charge is 0.366 e. The molecule has 1 atom stereocenters. The number of benzene rings is 1. The molecule has 2 fully saturated rings. The molecule has 1 aliphatic carbocycles. The highest BCUT2D eigenvalue weighted by molar-refractivity contribution is 6.31. The van der Waals surface area contributed by atoms with E-state index in [0.717, 1.165) is 42.5 Å².